The van der Waals surface area contributed by atoms with Crippen molar-refractivity contribution in [3.05, 3.63) is 131 Å². The molecule has 0 spiro atoms. The smallest absolute Gasteiger partial charge is 0.313 e. The van der Waals surface area contributed by atoms with Crippen LogP contribution in [0.1, 0.15) is 85.0 Å². The molecule has 0 fully saturated rings. The van der Waals surface area contributed by atoms with E-state index >= 15 is 0 Å². The van der Waals surface area contributed by atoms with Gasteiger partial charge in [0.1, 0.15) is 11.5 Å². The lowest BCUT2D eigenvalue weighted by Crippen LogP contribution is -2.18. The zero-order valence-corrected chi connectivity index (χ0v) is 34.3. The highest BCUT2D eigenvalue weighted by Gasteiger charge is 2.30. The standard InChI is InChI=1S/C25H26N2O3.C24H24N2O3/c1-4-8-20(25(28)29-3)22-16(2)26-24(17-9-6-5-7-10-17)27-23(22)19-11-12-21-18(15-19)13-14-30-21;1-3-7-19(24(27)28)21-15(2)25-23(16-8-5-4-6-9-16)26-22(21)18-10-11-20-17(14-18)12-13-29-20/h5-7,9-12,15,20H,4,8,13-14H2,1-3H3;4-6,8-11,14,19H,3,7,12-13H2,1-2H3,(H,27,28). The number of rotatable bonds is 12. The van der Waals surface area contributed by atoms with Crippen LogP contribution in [-0.2, 0) is 27.2 Å². The molecule has 2 atom stereocenters. The number of fused-ring (bicyclic) bond motifs is 2. The molecule has 10 nitrogen and oxygen atoms in total. The van der Waals surface area contributed by atoms with E-state index in [1.165, 1.54) is 12.7 Å². The Morgan fingerprint density at radius 1 is 0.627 bits per heavy atom. The summed E-state index contributed by atoms with van der Waals surface area (Å²) in [6.07, 6.45) is 4.59. The molecule has 2 aliphatic heterocycles. The molecule has 2 aromatic heterocycles. The van der Waals surface area contributed by atoms with Crippen molar-refractivity contribution in [3.8, 4) is 56.8 Å². The van der Waals surface area contributed by atoms with Gasteiger partial charge >= 0.3 is 11.9 Å². The molecule has 0 radical (unpaired) electrons. The number of esters is 1. The van der Waals surface area contributed by atoms with Crippen LogP contribution in [-0.4, -0.2) is 57.3 Å². The van der Waals surface area contributed by atoms with Crippen LogP contribution in [0.2, 0.25) is 0 Å². The molecular formula is C49H50N4O6. The number of methoxy groups -OCH3 is 1. The van der Waals surface area contributed by atoms with Crippen molar-refractivity contribution in [2.24, 2.45) is 0 Å². The minimum atomic E-state index is -0.836. The van der Waals surface area contributed by atoms with E-state index in [1.807, 2.05) is 106 Å². The predicted molar refractivity (Wildman–Crippen MR) is 229 cm³/mol. The van der Waals surface area contributed by atoms with Gasteiger partial charge in [-0.1, -0.05) is 87.4 Å². The van der Waals surface area contributed by atoms with Crippen molar-refractivity contribution < 1.29 is 28.9 Å². The fraction of sp³-hybridized carbons (Fsp3) is 0.306. The molecule has 302 valence electrons. The Labute approximate surface area is 345 Å². The van der Waals surface area contributed by atoms with Gasteiger partial charge < -0.3 is 19.3 Å². The van der Waals surface area contributed by atoms with Crippen LogP contribution < -0.4 is 9.47 Å². The third kappa shape index (κ3) is 8.87. The number of aliphatic carboxylic acids is 1. The molecule has 6 aromatic rings. The Bertz CT molecular complexity index is 2450. The highest BCUT2D eigenvalue weighted by molar-refractivity contribution is 5.83. The average molecular weight is 791 g/mol. The second-order valence-electron chi connectivity index (χ2n) is 14.9. The lowest BCUT2D eigenvalue weighted by molar-refractivity contribution is -0.142. The lowest BCUT2D eigenvalue weighted by atomic mass is 9.89. The molecule has 0 aliphatic carbocycles. The first kappa shape index (κ1) is 40.8. The van der Waals surface area contributed by atoms with Crippen LogP contribution in [0, 0.1) is 13.8 Å². The van der Waals surface area contributed by atoms with Gasteiger partial charge in [-0.25, -0.2) is 19.9 Å². The van der Waals surface area contributed by atoms with E-state index in [1.54, 1.807) is 0 Å². The van der Waals surface area contributed by atoms with Gasteiger partial charge in [0.15, 0.2) is 11.6 Å². The van der Waals surface area contributed by atoms with E-state index in [0.29, 0.717) is 54.7 Å². The van der Waals surface area contributed by atoms with E-state index in [2.05, 4.69) is 24.0 Å². The second-order valence-corrected chi connectivity index (χ2v) is 14.9. The fourth-order valence-corrected chi connectivity index (χ4v) is 8.03. The first-order valence-electron chi connectivity index (χ1n) is 20.4. The molecule has 59 heavy (non-hydrogen) atoms. The molecule has 2 aliphatic rings. The van der Waals surface area contributed by atoms with Crippen molar-refractivity contribution in [3.63, 3.8) is 0 Å². The number of ether oxygens (including phenoxy) is 3. The normalized spacial score (nSPS) is 13.5. The van der Waals surface area contributed by atoms with E-state index < -0.39 is 17.8 Å². The molecule has 10 heteroatoms. The minimum Gasteiger partial charge on any atom is -0.493 e. The maximum atomic E-state index is 12.7. The lowest BCUT2D eigenvalue weighted by Gasteiger charge is -2.21. The summed E-state index contributed by atoms with van der Waals surface area (Å²) in [6.45, 7) is 9.28. The number of nitrogens with zero attached hydrogens (tertiary/aromatic N) is 4. The van der Waals surface area contributed by atoms with E-state index in [0.717, 1.165) is 82.0 Å². The summed E-state index contributed by atoms with van der Waals surface area (Å²) in [5, 5.41) is 9.92. The van der Waals surface area contributed by atoms with Crippen LogP contribution >= 0.6 is 0 Å². The average Bonchev–Trinajstić information content (AvgIpc) is 3.94. The predicted octanol–water partition coefficient (Wildman–Crippen LogP) is 10.1. The van der Waals surface area contributed by atoms with Crippen molar-refractivity contribution in [1.82, 2.24) is 19.9 Å². The summed E-state index contributed by atoms with van der Waals surface area (Å²) < 4.78 is 16.4. The van der Waals surface area contributed by atoms with E-state index in [-0.39, 0.29) is 5.97 Å². The Morgan fingerprint density at radius 3 is 1.49 bits per heavy atom. The highest BCUT2D eigenvalue weighted by Crippen LogP contribution is 2.39. The van der Waals surface area contributed by atoms with Gasteiger partial charge in [0, 0.05) is 57.6 Å². The second kappa shape index (κ2) is 18.4. The molecule has 0 saturated heterocycles. The molecule has 0 bridgehead atoms. The Kier molecular flexibility index (Phi) is 12.7. The zero-order valence-electron chi connectivity index (χ0n) is 34.3. The Hall–Kier alpha value is -6.42. The minimum absolute atomic E-state index is 0.248. The zero-order chi connectivity index (χ0) is 41.5. The number of hydrogen-bond acceptors (Lipinski definition) is 9. The number of aromatic nitrogens is 4. The van der Waals surface area contributed by atoms with Gasteiger partial charge in [-0.2, -0.15) is 0 Å². The molecule has 4 aromatic carbocycles. The van der Waals surface area contributed by atoms with Crippen LogP contribution in [0.4, 0.5) is 0 Å². The Balaban J connectivity index is 0.000000179. The van der Waals surface area contributed by atoms with Crippen LogP contribution in [0.3, 0.4) is 0 Å². The van der Waals surface area contributed by atoms with E-state index in [4.69, 9.17) is 29.2 Å². The number of aryl methyl sites for hydroxylation is 2. The molecule has 4 heterocycles. The van der Waals surface area contributed by atoms with Gasteiger partial charge in [0.2, 0.25) is 0 Å². The molecule has 2 unspecified atom stereocenters. The number of carbonyl (C=O) groups excluding carboxylic acids is 1. The summed E-state index contributed by atoms with van der Waals surface area (Å²) >= 11 is 0. The van der Waals surface area contributed by atoms with Gasteiger partial charge in [-0.15, -0.1) is 0 Å². The summed E-state index contributed by atoms with van der Waals surface area (Å²) in [5.74, 6) is 0.968. The van der Waals surface area contributed by atoms with Crippen molar-refractivity contribution in [1.29, 1.82) is 0 Å². The summed E-state index contributed by atoms with van der Waals surface area (Å²) in [7, 11) is 1.44. The van der Waals surface area contributed by atoms with Crippen LogP contribution in [0.25, 0.3) is 45.3 Å². The van der Waals surface area contributed by atoms with Crippen LogP contribution in [0.5, 0.6) is 11.5 Å². The van der Waals surface area contributed by atoms with Crippen LogP contribution in [0.15, 0.2) is 97.1 Å². The molecule has 0 amide bonds. The van der Waals surface area contributed by atoms with Crippen molar-refractivity contribution in [2.45, 2.75) is 78.1 Å². The number of carboxylic acid groups (broad SMARTS) is 1. The Morgan fingerprint density at radius 2 is 1.07 bits per heavy atom. The first-order valence-corrected chi connectivity index (χ1v) is 20.4. The highest BCUT2D eigenvalue weighted by atomic mass is 16.5. The van der Waals surface area contributed by atoms with Gasteiger partial charge in [-0.3, -0.25) is 9.59 Å². The summed E-state index contributed by atoms with van der Waals surface area (Å²) in [4.78, 5) is 44.1. The maximum absolute atomic E-state index is 12.7. The van der Waals surface area contributed by atoms with Crippen molar-refractivity contribution in [2.75, 3.05) is 20.3 Å². The SMILES string of the molecule is CCCC(C(=O)O)c1c(C)nc(-c2ccccc2)nc1-c1ccc2c(c1)CCO2.CCCC(C(=O)OC)c1c(C)nc(-c2ccccc2)nc1-c1ccc2c(c1)CCO2. The van der Waals surface area contributed by atoms with Gasteiger partial charge in [-0.05, 0) is 74.2 Å². The fourth-order valence-electron chi connectivity index (χ4n) is 8.03. The quantitative estimate of drug-likeness (QED) is 0.119. The molecular weight excluding hydrogens is 741 g/mol. The number of carboxylic acids is 1. The van der Waals surface area contributed by atoms with Crippen molar-refractivity contribution >= 4 is 11.9 Å². The summed E-state index contributed by atoms with van der Waals surface area (Å²) in [6, 6.07) is 31.8. The number of benzene rings is 4. The topological polar surface area (TPSA) is 134 Å². The summed E-state index contributed by atoms with van der Waals surface area (Å²) in [5.41, 5.74) is 10.6. The van der Waals surface area contributed by atoms with Gasteiger partial charge in [0.05, 0.1) is 43.5 Å². The van der Waals surface area contributed by atoms with Gasteiger partial charge in [0.25, 0.3) is 0 Å². The third-order valence-corrected chi connectivity index (χ3v) is 10.9. The monoisotopic (exact) mass is 790 g/mol. The molecule has 0 saturated carbocycles. The third-order valence-electron chi connectivity index (χ3n) is 10.9. The first-order chi connectivity index (χ1) is 28.7. The number of carbonyl (C=O) groups is 2. The van der Waals surface area contributed by atoms with E-state index in [9.17, 15) is 14.7 Å². The molecule has 8 rings (SSSR count). The largest absolute Gasteiger partial charge is 0.493 e. The number of hydrogen-bond donors (Lipinski definition) is 1. The maximum Gasteiger partial charge on any atom is 0.313 e. The molecule has 1 N–H and O–H groups in total.